The van der Waals surface area contributed by atoms with Gasteiger partial charge in [-0.15, -0.1) is 0 Å². The molecule has 1 atom stereocenters. The van der Waals surface area contributed by atoms with E-state index in [2.05, 4.69) is 34.3 Å². The van der Waals surface area contributed by atoms with Crippen LogP contribution in [0.2, 0.25) is 5.02 Å². The van der Waals surface area contributed by atoms with Crippen molar-refractivity contribution in [1.82, 2.24) is 15.3 Å². The summed E-state index contributed by atoms with van der Waals surface area (Å²) in [5.74, 6) is 0.196. The van der Waals surface area contributed by atoms with Gasteiger partial charge in [-0.05, 0) is 24.5 Å². The quantitative estimate of drug-likeness (QED) is 0.871. The van der Waals surface area contributed by atoms with Crippen LogP contribution >= 0.6 is 11.6 Å². The molecule has 0 saturated carbocycles. The van der Waals surface area contributed by atoms with E-state index in [0.717, 1.165) is 12.0 Å². The molecule has 3 rings (SSSR count). The summed E-state index contributed by atoms with van der Waals surface area (Å²) in [6.45, 7) is 6.70. The van der Waals surface area contributed by atoms with Gasteiger partial charge in [-0.2, -0.15) is 0 Å². The Kier molecular flexibility index (Phi) is 6.06. The fraction of sp³-hybridized carbons (Fsp3) is 0.421. The summed E-state index contributed by atoms with van der Waals surface area (Å²) < 4.78 is 5.34. The Morgan fingerprint density at radius 3 is 2.65 bits per heavy atom. The Balaban J connectivity index is 1.73. The zero-order valence-corrected chi connectivity index (χ0v) is 15.8. The highest BCUT2D eigenvalue weighted by Crippen LogP contribution is 2.19. The van der Waals surface area contributed by atoms with Crippen LogP contribution in [-0.4, -0.2) is 42.2 Å². The van der Waals surface area contributed by atoms with Crippen LogP contribution in [0.15, 0.2) is 30.5 Å². The van der Waals surface area contributed by atoms with Gasteiger partial charge in [0.05, 0.1) is 30.5 Å². The second-order valence-electron chi connectivity index (χ2n) is 6.26. The van der Waals surface area contributed by atoms with Crippen molar-refractivity contribution in [2.45, 2.75) is 26.3 Å². The molecule has 138 valence electrons. The molecule has 1 aliphatic heterocycles. The lowest BCUT2D eigenvalue weighted by atomic mass is 10.0. The minimum Gasteiger partial charge on any atom is -0.378 e. The van der Waals surface area contributed by atoms with Crippen molar-refractivity contribution in [2.75, 3.05) is 31.2 Å². The van der Waals surface area contributed by atoms with E-state index in [1.165, 1.54) is 11.8 Å². The van der Waals surface area contributed by atoms with E-state index in [9.17, 15) is 4.79 Å². The van der Waals surface area contributed by atoms with Crippen LogP contribution < -0.4 is 10.2 Å². The molecule has 1 N–H and O–H groups in total. The lowest BCUT2D eigenvalue weighted by Gasteiger charge is -2.27. The Bertz CT molecular complexity index is 761. The molecule has 0 unspecified atom stereocenters. The van der Waals surface area contributed by atoms with Gasteiger partial charge in [0.25, 0.3) is 5.91 Å². The average Bonchev–Trinajstić information content (AvgIpc) is 2.69. The van der Waals surface area contributed by atoms with Crippen molar-refractivity contribution in [3.63, 3.8) is 0 Å². The number of amides is 1. The van der Waals surface area contributed by atoms with Crippen molar-refractivity contribution in [3.8, 4) is 0 Å². The van der Waals surface area contributed by atoms with Crippen LogP contribution in [-0.2, 0) is 11.2 Å². The summed E-state index contributed by atoms with van der Waals surface area (Å²) in [5.41, 5.74) is 2.50. The third kappa shape index (κ3) is 4.31. The van der Waals surface area contributed by atoms with Crippen LogP contribution in [0.5, 0.6) is 0 Å². The highest BCUT2D eigenvalue weighted by molar-refractivity contribution is 6.33. The van der Waals surface area contributed by atoms with Gasteiger partial charge in [0.2, 0.25) is 5.95 Å². The molecule has 2 aromatic rings. The van der Waals surface area contributed by atoms with Gasteiger partial charge in [0, 0.05) is 13.1 Å². The fourth-order valence-corrected chi connectivity index (χ4v) is 3.00. The third-order valence-corrected chi connectivity index (χ3v) is 4.75. The van der Waals surface area contributed by atoms with E-state index in [1.54, 1.807) is 0 Å². The van der Waals surface area contributed by atoms with Crippen LogP contribution in [0.1, 0.15) is 41.5 Å². The minimum atomic E-state index is -0.307. The molecular formula is C19H23ClN4O2. The summed E-state index contributed by atoms with van der Waals surface area (Å²) in [6.07, 6.45) is 2.47. The predicted octanol–water partition coefficient (Wildman–Crippen LogP) is 3.02. The van der Waals surface area contributed by atoms with Crippen LogP contribution in [0.4, 0.5) is 5.95 Å². The van der Waals surface area contributed by atoms with Crippen molar-refractivity contribution in [2.24, 2.45) is 0 Å². The number of aromatic nitrogens is 2. The molecule has 0 bridgehead atoms. The zero-order chi connectivity index (χ0) is 18.5. The second kappa shape index (κ2) is 8.47. The number of nitrogens with one attached hydrogen (secondary N) is 1. The van der Waals surface area contributed by atoms with Crippen LogP contribution in [0.3, 0.4) is 0 Å². The van der Waals surface area contributed by atoms with Crippen molar-refractivity contribution in [1.29, 1.82) is 0 Å². The largest absolute Gasteiger partial charge is 0.378 e. The Hall–Kier alpha value is -2.18. The summed E-state index contributed by atoms with van der Waals surface area (Å²) >= 11 is 6.17. The first kappa shape index (κ1) is 18.6. The molecule has 1 fully saturated rings. The molecule has 1 aromatic carbocycles. The molecule has 1 aromatic heterocycles. The van der Waals surface area contributed by atoms with Gasteiger partial charge < -0.3 is 15.0 Å². The van der Waals surface area contributed by atoms with Crippen molar-refractivity contribution in [3.05, 3.63) is 52.3 Å². The topological polar surface area (TPSA) is 67.4 Å². The van der Waals surface area contributed by atoms with Crippen molar-refractivity contribution >= 4 is 23.5 Å². The highest BCUT2D eigenvalue weighted by Gasteiger charge is 2.20. The van der Waals surface area contributed by atoms with Gasteiger partial charge in [-0.3, -0.25) is 4.79 Å². The summed E-state index contributed by atoms with van der Waals surface area (Å²) in [5, 5.41) is 3.21. The molecule has 26 heavy (non-hydrogen) atoms. The number of hydrogen-bond donors (Lipinski definition) is 1. The number of benzene rings is 1. The number of hydrogen-bond acceptors (Lipinski definition) is 5. The lowest BCUT2D eigenvalue weighted by molar-refractivity contribution is 0.0934. The SMILES string of the molecule is CCc1ccc([C@@H](C)NC(=O)c2nc(N3CCOCC3)ncc2Cl)cc1. The third-order valence-electron chi connectivity index (χ3n) is 4.48. The van der Waals surface area contributed by atoms with Gasteiger partial charge >= 0.3 is 0 Å². The summed E-state index contributed by atoms with van der Waals surface area (Å²) in [6, 6.07) is 8.07. The molecule has 2 heterocycles. The number of carbonyl (C=O) groups is 1. The standard InChI is InChI=1S/C19H23ClN4O2/c1-3-14-4-6-15(7-5-14)13(2)22-18(25)17-16(20)12-21-19(23-17)24-8-10-26-11-9-24/h4-7,12-13H,3,8-11H2,1-2H3,(H,22,25)/t13-/m1/s1. The summed E-state index contributed by atoms with van der Waals surface area (Å²) in [4.78, 5) is 23.3. The Morgan fingerprint density at radius 1 is 1.31 bits per heavy atom. The molecule has 1 amide bonds. The minimum absolute atomic E-state index is 0.147. The maximum absolute atomic E-state index is 12.7. The average molecular weight is 375 g/mol. The fourth-order valence-electron chi connectivity index (χ4n) is 2.82. The molecule has 0 radical (unpaired) electrons. The van der Waals surface area contributed by atoms with E-state index in [-0.39, 0.29) is 22.7 Å². The molecule has 7 heteroatoms. The molecule has 0 spiro atoms. The Morgan fingerprint density at radius 2 is 2.00 bits per heavy atom. The monoisotopic (exact) mass is 374 g/mol. The van der Waals surface area contributed by atoms with E-state index in [1.807, 2.05) is 24.0 Å². The normalized spacial score (nSPS) is 15.6. The van der Waals surface area contributed by atoms with Crippen LogP contribution in [0.25, 0.3) is 0 Å². The predicted molar refractivity (Wildman–Crippen MR) is 102 cm³/mol. The van der Waals surface area contributed by atoms with E-state index >= 15 is 0 Å². The first-order chi connectivity index (χ1) is 12.6. The van der Waals surface area contributed by atoms with Gasteiger partial charge in [0.15, 0.2) is 5.69 Å². The van der Waals surface area contributed by atoms with Gasteiger partial charge in [-0.1, -0.05) is 42.8 Å². The zero-order valence-electron chi connectivity index (χ0n) is 15.0. The van der Waals surface area contributed by atoms with E-state index in [0.29, 0.717) is 32.3 Å². The maximum Gasteiger partial charge on any atom is 0.272 e. The number of aryl methyl sites for hydroxylation is 1. The van der Waals surface area contributed by atoms with E-state index < -0.39 is 0 Å². The highest BCUT2D eigenvalue weighted by atomic mass is 35.5. The number of halogens is 1. The number of anilines is 1. The van der Waals surface area contributed by atoms with Crippen molar-refractivity contribution < 1.29 is 9.53 Å². The number of carbonyl (C=O) groups excluding carboxylic acids is 1. The van der Waals surface area contributed by atoms with Gasteiger partial charge in [0.1, 0.15) is 0 Å². The van der Waals surface area contributed by atoms with Gasteiger partial charge in [-0.25, -0.2) is 9.97 Å². The molecule has 0 aliphatic carbocycles. The maximum atomic E-state index is 12.7. The first-order valence-electron chi connectivity index (χ1n) is 8.83. The molecule has 1 saturated heterocycles. The number of nitrogens with zero attached hydrogens (tertiary/aromatic N) is 3. The number of morpholine rings is 1. The molecular weight excluding hydrogens is 352 g/mol. The Labute approximate surface area is 158 Å². The first-order valence-corrected chi connectivity index (χ1v) is 9.21. The van der Waals surface area contributed by atoms with E-state index in [4.69, 9.17) is 16.3 Å². The smallest absolute Gasteiger partial charge is 0.272 e. The molecule has 1 aliphatic rings. The molecule has 6 nitrogen and oxygen atoms in total. The summed E-state index contributed by atoms with van der Waals surface area (Å²) in [7, 11) is 0. The lowest BCUT2D eigenvalue weighted by Crippen LogP contribution is -2.38. The second-order valence-corrected chi connectivity index (χ2v) is 6.66. The number of ether oxygens (including phenoxy) is 1. The number of rotatable bonds is 5. The van der Waals surface area contributed by atoms with Crippen LogP contribution in [0, 0.1) is 0 Å².